The summed E-state index contributed by atoms with van der Waals surface area (Å²) in [6.45, 7) is 2.01. The average Bonchev–Trinajstić information content (AvgIpc) is 3.13. The summed E-state index contributed by atoms with van der Waals surface area (Å²) in [6.07, 6.45) is 3.61. The molecule has 1 N–H and O–H groups in total. The summed E-state index contributed by atoms with van der Waals surface area (Å²) in [5.41, 5.74) is 0.429. The molecule has 1 saturated carbocycles. The van der Waals surface area contributed by atoms with E-state index in [0.29, 0.717) is 12.3 Å². The van der Waals surface area contributed by atoms with Crippen LogP contribution in [-0.4, -0.2) is 11.8 Å². The van der Waals surface area contributed by atoms with E-state index in [2.05, 4.69) is 5.32 Å². The van der Waals surface area contributed by atoms with Crippen LogP contribution < -0.4 is 5.32 Å². The molecule has 1 aromatic carbocycles. The summed E-state index contributed by atoms with van der Waals surface area (Å²) in [5.74, 6) is -0.513. The van der Waals surface area contributed by atoms with E-state index in [1.165, 1.54) is 25.0 Å². The molecule has 0 radical (unpaired) electrons. The normalized spacial score (nSPS) is 30.2. The third-order valence-corrected chi connectivity index (χ3v) is 4.44. The summed E-state index contributed by atoms with van der Waals surface area (Å²) in [4.78, 5) is 24.0. The number of nitrogens with one attached hydrogen (secondary N) is 1. The van der Waals surface area contributed by atoms with Crippen molar-refractivity contribution in [2.45, 2.75) is 38.5 Å². The Kier molecular flexibility index (Phi) is 3.11. The second-order valence-corrected chi connectivity index (χ2v) is 6.38. The lowest BCUT2D eigenvalue weighted by Crippen LogP contribution is -2.49. The van der Waals surface area contributed by atoms with Crippen LogP contribution in [0, 0.1) is 17.2 Å². The van der Waals surface area contributed by atoms with Gasteiger partial charge < -0.3 is 0 Å². The Labute approximate surface area is 117 Å². The van der Waals surface area contributed by atoms with Crippen molar-refractivity contribution in [1.29, 1.82) is 0 Å². The van der Waals surface area contributed by atoms with Crippen molar-refractivity contribution in [3.05, 3.63) is 35.6 Å². The quantitative estimate of drug-likeness (QED) is 0.862. The van der Waals surface area contributed by atoms with Crippen molar-refractivity contribution in [3.63, 3.8) is 0 Å². The lowest BCUT2D eigenvalue weighted by atomic mass is 9.66. The molecule has 1 aliphatic heterocycles. The molecule has 3 rings (SSSR count). The highest BCUT2D eigenvalue weighted by Crippen LogP contribution is 2.50. The van der Waals surface area contributed by atoms with E-state index in [1.807, 2.05) is 6.92 Å². The molecule has 20 heavy (non-hydrogen) atoms. The van der Waals surface area contributed by atoms with E-state index in [1.54, 1.807) is 12.1 Å². The summed E-state index contributed by atoms with van der Waals surface area (Å²) in [6, 6.07) is 6.05. The van der Waals surface area contributed by atoms with Gasteiger partial charge in [0.1, 0.15) is 5.82 Å². The lowest BCUT2D eigenvalue weighted by Gasteiger charge is -2.40. The minimum Gasteiger partial charge on any atom is -0.296 e. The van der Waals surface area contributed by atoms with Gasteiger partial charge in [-0.3, -0.25) is 14.9 Å². The summed E-state index contributed by atoms with van der Waals surface area (Å²) in [7, 11) is 0. The largest absolute Gasteiger partial charge is 0.296 e. The molecule has 1 aliphatic carbocycles. The van der Waals surface area contributed by atoms with Crippen LogP contribution in [0.4, 0.5) is 4.39 Å². The molecule has 2 amide bonds. The maximum Gasteiger partial charge on any atom is 0.234 e. The number of imide groups is 1. The minimum atomic E-state index is -0.374. The molecule has 4 heteroatoms. The standard InChI is InChI=1S/C16H18FNO2/c1-16(8-10-2-3-10)9-13(19)18-15(20)14(16)11-4-6-12(17)7-5-11/h4-7,10,14H,2-3,8-9H2,1H3,(H,18,19,20). The summed E-state index contributed by atoms with van der Waals surface area (Å²) in [5, 5.41) is 2.42. The number of amides is 2. The van der Waals surface area contributed by atoms with Gasteiger partial charge in [0.25, 0.3) is 0 Å². The fourth-order valence-corrected chi connectivity index (χ4v) is 3.42. The highest BCUT2D eigenvalue weighted by atomic mass is 19.1. The SMILES string of the molecule is CC1(CC2CC2)CC(=O)NC(=O)C1c1ccc(F)cc1. The second-order valence-electron chi connectivity index (χ2n) is 6.38. The zero-order valence-electron chi connectivity index (χ0n) is 11.5. The number of carbonyl (C=O) groups excluding carboxylic acids is 2. The first-order valence-corrected chi connectivity index (χ1v) is 7.07. The number of carbonyl (C=O) groups is 2. The molecule has 1 heterocycles. The van der Waals surface area contributed by atoms with Gasteiger partial charge in [-0.1, -0.05) is 31.9 Å². The van der Waals surface area contributed by atoms with Gasteiger partial charge >= 0.3 is 0 Å². The van der Waals surface area contributed by atoms with Crippen LogP contribution in [0.25, 0.3) is 0 Å². The average molecular weight is 275 g/mol. The van der Waals surface area contributed by atoms with Gasteiger partial charge in [-0.25, -0.2) is 4.39 Å². The molecule has 0 aromatic heterocycles. The maximum absolute atomic E-state index is 13.1. The van der Waals surface area contributed by atoms with E-state index < -0.39 is 0 Å². The second kappa shape index (κ2) is 4.69. The molecule has 0 bridgehead atoms. The maximum atomic E-state index is 13.1. The highest BCUT2D eigenvalue weighted by molar-refractivity contribution is 6.02. The van der Waals surface area contributed by atoms with Gasteiger partial charge in [-0.05, 0) is 35.4 Å². The first-order chi connectivity index (χ1) is 9.48. The number of hydrogen-bond donors (Lipinski definition) is 1. The molecule has 3 nitrogen and oxygen atoms in total. The number of hydrogen-bond acceptors (Lipinski definition) is 2. The van der Waals surface area contributed by atoms with E-state index >= 15 is 0 Å². The van der Waals surface area contributed by atoms with Gasteiger partial charge in [-0.2, -0.15) is 0 Å². The van der Waals surface area contributed by atoms with E-state index in [4.69, 9.17) is 0 Å². The van der Waals surface area contributed by atoms with Crippen molar-refractivity contribution in [1.82, 2.24) is 5.32 Å². The fourth-order valence-electron chi connectivity index (χ4n) is 3.42. The first kappa shape index (κ1) is 13.3. The lowest BCUT2D eigenvalue weighted by molar-refractivity contribution is -0.139. The Morgan fingerprint density at radius 3 is 2.50 bits per heavy atom. The Bertz CT molecular complexity index is 550. The molecule has 106 valence electrons. The van der Waals surface area contributed by atoms with Crippen LogP contribution in [0.3, 0.4) is 0 Å². The molecule has 2 unspecified atom stereocenters. The number of piperidine rings is 1. The van der Waals surface area contributed by atoms with Crippen LogP contribution in [0.2, 0.25) is 0 Å². The van der Waals surface area contributed by atoms with Gasteiger partial charge in [0.05, 0.1) is 5.92 Å². The molecule has 1 saturated heterocycles. The zero-order chi connectivity index (χ0) is 14.3. The summed E-state index contributed by atoms with van der Waals surface area (Å²) < 4.78 is 13.1. The third kappa shape index (κ3) is 2.47. The van der Waals surface area contributed by atoms with Crippen molar-refractivity contribution in [2.75, 3.05) is 0 Å². The molecule has 2 aliphatic rings. The molecule has 0 spiro atoms. The van der Waals surface area contributed by atoms with Crippen LogP contribution >= 0.6 is 0 Å². The number of halogens is 1. The van der Waals surface area contributed by atoms with E-state index in [0.717, 1.165) is 12.0 Å². The first-order valence-electron chi connectivity index (χ1n) is 7.07. The fraction of sp³-hybridized carbons (Fsp3) is 0.500. The highest BCUT2D eigenvalue weighted by Gasteiger charge is 2.48. The van der Waals surface area contributed by atoms with Crippen LogP contribution in [-0.2, 0) is 9.59 Å². The minimum absolute atomic E-state index is 0.198. The Morgan fingerprint density at radius 2 is 1.90 bits per heavy atom. The summed E-state index contributed by atoms with van der Waals surface area (Å²) >= 11 is 0. The number of rotatable bonds is 3. The molecular weight excluding hydrogens is 257 g/mol. The Morgan fingerprint density at radius 1 is 1.25 bits per heavy atom. The van der Waals surface area contributed by atoms with E-state index in [-0.39, 0.29) is 29.0 Å². The van der Waals surface area contributed by atoms with Crippen molar-refractivity contribution >= 4 is 11.8 Å². The van der Waals surface area contributed by atoms with Crippen LogP contribution in [0.1, 0.15) is 44.1 Å². The predicted octanol–water partition coefficient (Wildman–Crippen LogP) is 2.76. The van der Waals surface area contributed by atoms with Gasteiger partial charge in [0.2, 0.25) is 11.8 Å². The molecular formula is C16H18FNO2. The van der Waals surface area contributed by atoms with Crippen LogP contribution in [0.5, 0.6) is 0 Å². The monoisotopic (exact) mass is 275 g/mol. The third-order valence-electron chi connectivity index (χ3n) is 4.44. The van der Waals surface area contributed by atoms with E-state index in [9.17, 15) is 14.0 Å². The Hall–Kier alpha value is -1.71. The predicted molar refractivity (Wildman–Crippen MR) is 72.4 cm³/mol. The van der Waals surface area contributed by atoms with Gasteiger partial charge in [-0.15, -0.1) is 0 Å². The zero-order valence-corrected chi connectivity index (χ0v) is 11.5. The molecule has 2 fully saturated rings. The van der Waals surface area contributed by atoms with Gasteiger partial charge in [0, 0.05) is 6.42 Å². The van der Waals surface area contributed by atoms with Gasteiger partial charge in [0.15, 0.2) is 0 Å². The topological polar surface area (TPSA) is 46.2 Å². The number of benzene rings is 1. The molecule has 1 aromatic rings. The van der Waals surface area contributed by atoms with Crippen molar-refractivity contribution in [3.8, 4) is 0 Å². The van der Waals surface area contributed by atoms with Crippen LogP contribution in [0.15, 0.2) is 24.3 Å². The van der Waals surface area contributed by atoms with Crippen molar-refractivity contribution < 1.29 is 14.0 Å². The smallest absolute Gasteiger partial charge is 0.234 e. The Balaban J connectivity index is 1.96. The van der Waals surface area contributed by atoms with Crippen molar-refractivity contribution in [2.24, 2.45) is 11.3 Å². The molecule has 2 atom stereocenters.